The lowest BCUT2D eigenvalue weighted by Crippen LogP contribution is -2.42. The average Bonchev–Trinajstić information content (AvgIpc) is 3.13. The maximum absolute atomic E-state index is 13.4. The minimum atomic E-state index is -0.231. The van der Waals surface area contributed by atoms with Gasteiger partial charge in [-0.2, -0.15) is 0 Å². The second-order valence-electron chi connectivity index (χ2n) is 7.52. The number of rotatable bonds is 5. The van der Waals surface area contributed by atoms with Crippen molar-refractivity contribution in [2.45, 2.75) is 26.3 Å². The smallest absolute Gasteiger partial charge is 0.310 e. The van der Waals surface area contributed by atoms with Gasteiger partial charge in [-0.25, -0.2) is 0 Å². The molecule has 0 radical (unpaired) electrons. The van der Waals surface area contributed by atoms with Crippen LogP contribution >= 0.6 is 0 Å². The van der Waals surface area contributed by atoms with Crippen molar-refractivity contribution in [3.8, 4) is 0 Å². The van der Waals surface area contributed by atoms with Gasteiger partial charge in [0.25, 0.3) is 5.91 Å². The Morgan fingerprint density at radius 2 is 1.83 bits per heavy atom. The third-order valence-corrected chi connectivity index (χ3v) is 5.54. The van der Waals surface area contributed by atoms with E-state index in [1.54, 1.807) is 4.90 Å². The van der Waals surface area contributed by atoms with Crippen molar-refractivity contribution in [1.82, 2.24) is 9.47 Å². The third kappa shape index (κ3) is 4.04. The normalized spacial score (nSPS) is 16.7. The number of aromatic nitrogens is 1. The predicted octanol–water partition coefficient (Wildman–Crippen LogP) is 4.10. The molecule has 1 saturated heterocycles. The Bertz CT molecular complexity index is 1010. The summed E-state index contributed by atoms with van der Waals surface area (Å²) in [5.74, 6) is -0.441. The van der Waals surface area contributed by atoms with Gasteiger partial charge in [-0.15, -0.1) is 0 Å². The maximum Gasteiger partial charge on any atom is 0.310 e. The van der Waals surface area contributed by atoms with Gasteiger partial charge < -0.3 is 14.2 Å². The molecule has 1 aliphatic heterocycles. The van der Waals surface area contributed by atoms with Crippen molar-refractivity contribution in [3.05, 3.63) is 71.9 Å². The Morgan fingerprint density at radius 1 is 1.07 bits per heavy atom. The second kappa shape index (κ2) is 8.52. The highest BCUT2D eigenvalue weighted by Crippen LogP contribution is 2.26. The Balaban J connectivity index is 1.61. The lowest BCUT2D eigenvalue weighted by molar-refractivity contribution is -0.149. The standard InChI is InChI=1S/C24H26N2O3/c1-2-29-24(28)19-11-8-14-25(16-19)23(27)21-17-26(15-18-9-4-3-5-10-18)22-13-7-6-12-20(21)22/h3-7,9-10,12-13,17,19H,2,8,11,14-16H2,1H3. The molecule has 150 valence electrons. The zero-order valence-corrected chi connectivity index (χ0v) is 16.7. The summed E-state index contributed by atoms with van der Waals surface area (Å²) in [6, 6.07) is 18.2. The number of ether oxygens (including phenoxy) is 1. The average molecular weight is 390 g/mol. The molecule has 29 heavy (non-hydrogen) atoms. The van der Waals surface area contributed by atoms with Gasteiger partial charge in [0, 0.05) is 36.7 Å². The fourth-order valence-corrected chi connectivity index (χ4v) is 4.11. The number of para-hydroxylation sites is 1. The second-order valence-corrected chi connectivity index (χ2v) is 7.52. The van der Waals surface area contributed by atoms with Crippen LogP contribution in [0.5, 0.6) is 0 Å². The molecule has 1 unspecified atom stereocenters. The summed E-state index contributed by atoms with van der Waals surface area (Å²) in [7, 11) is 0. The molecule has 1 fully saturated rings. The third-order valence-electron chi connectivity index (χ3n) is 5.54. The Morgan fingerprint density at radius 3 is 2.62 bits per heavy atom. The van der Waals surface area contributed by atoms with Crippen molar-refractivity contribution >= 4 is 22.8 Å². The molecule has 2 heterocycles. The minimum absolute atomic E-state index is 0.0120. The largest absolute Gasteiger partial charge is 0.466 e. The van der Waals surface area contributed by atoms with Gasteiger partial charge in [0.2, 0.25) is 0 Å². The summed E-state index contributed by atoms with van der Waals surface area (Å²) in [5.41, 5.74) is 2.92. The fraction of sp³-hybridized carbons (Fsp3) is 0.333. The van der Waals surface area contributed by atoms with Crippen LogP contribution in [0.2, 0.25) is 0 Å². The number of benzene rings is 2. The summed E-state index contributed by atoms with van der Waals surface area (Å²) in [6.45, 7) is 3.99. The molecule has 2 aromatic carbocycles. The van der Waals surface area contributed by atoms with E-state index in [2.05, 4.69) is 16.7 Å². The number of likely N-dealkylation sites (tertiary alicyclic amines) is 1. The maximum atomic E-state index is 13.4. The van der Waals surface area contributed by atoms with Crippen LogP contribution in [0, 0.1) is 5.92 Å². The lowest BCUT2D eigenvalue weighted by Gasteiger charge is -2.31. The van der Waals surface area contributed by atoms with E-state index in [1.165, 1.54) is 5.56 Å². The monoisotopic (exact) mass is 390 g/mol. The van der Waals surface area contributed by atoms with E-state index in [-0.39, 0.29) is 17.8 Å². The van der Waals surface area contributed by atoms with Crippen molar-refractivity contribution < 1.29 is 14.3 Å². The molecule has 5 heteroatoms. The number of amides is 1. The van der Waals surface area contributed by atoms with Gasteiger partial charge in [0.05, 0.1) is 18.1 Å². The number of fused-ring (bicyclic) bond motifs is 1. The number of hydrogen-bond acceptors (Lipinski definition) is 3. The highest BCUT2D eigenvalue weighted by atomic mass is 16.5. The number of carbonyl (C=O) groups is 2. The molecular weight excluding hydrogens is 364 g/mol. The van der Waals surface area contributed by atoms with Crippen molar-refractivity contribution in [1.29, 1.82) is 0 Å². The van der Waals surface area contributed by atoms with Crippen molar-refractivity contribution in [2.75, 3.05) is 19.7 Å². The predicted molar refractivity (Wildman–Crippen MR) is 113 cm³/mol. The number of hydrogen-bond donors (Lipinski definition) is 0. The molecule has 5 nitrogen and oxygen atoms in total. The van der Waals surface area contributed by atoms with Gasteiger partial charge in [-0.3, -0.25) is 9.59 Å². The van der Waals surface area contributed by atoms with Crippen LogP contribution in [0.1, 0.15) is 35.7 Å². The van der Waals surface area contributed by atoms with Crippen LogP contribution in [-0.4, -0.2) is 41.0 Å². The Hall–Kier alpha value is -3.08. The zero-order chi connectivity index (χ0) is 20.2. The first-order chi connectivity index (χ1) is 14.2. The quantitative estimate of drug-likeness (QED) is 0.616. The molecule has 1 aromatic heterocycles. The van der Waals surface area contributed by atoms with Crippen LogP contribution in [0.3, 0.4) is 0 Å². The summed E-state index contributed by atoms with van der Waals surface area (Å²) < 4.78 is 7.30. The summed E-state index contributed by atoms with van der Waals surface area (Å²) in [6.07, 6.45) is 3.55. The molecule has 0 saturated carbocycles. The molecule has 0 spiro atoms. The molecule has 0 N–H and O–H groups in total. The van der Waals surface area contributed by atoms with Gasteiger partial charge in [0.1, 0.15) is 0 Å². The number of esters is 1. The summed E-state index contributed by atoms with van der Waals surface area (Å²) in [4.78, 5) is 27.3. The first-order valence-corrected chi connectivity index (χ1v) is 10.2. The first-order valence-electron chi connectivity index (χ1n) is 10.2. The van der Waals surface area contributed by atoms with Crippen molar-refractivity contribution in [2.24, 2.45) is 5.92 Å². The molecule has 0 bridgehead atoms. The van der Waals surface area contributed by atoms with E-state index in [9.17, 15) is 9.59 Å². The van der Waals surface area contributed by atoms with Crippen LogP contribution in [0.15, 0.2) is 60.8 Å². The summed E-state index contributed by atoms with van der Waals surface area (Å²) >= 11 is 0. The Labute approximate surface area is 170 Å². The van der Waals surface area contributed by atoms with E-state index in [0.29, 0.717) is 31.8 Å². The highest BCUT2D eigenvalue weighted by Gasteiger charge is 2.31. The molecule has 0 aliphatic carbocycles. The van der Waals surface area contributed by atoms with E-state index < -0.39 is 0 Å². The van der Waals surface area contributed by atoms with E-state index in [4.69, 9.17) is 4.74 Å². The van der Waals surface area contributed by atoms with E-state index in [0.717, 1.165) is 23.7 Å². The lowest BCUT2D eigenvalue weighted by atomic mass is 9.97. The molecule has 4 rings (SSSR count). The Kier molecular flexibility index (Phi) is 5.65. The van der Waals surface area contributed by atoms with Crippen LogP contribution < -0.4 is 0 Å². The van der Waals surface area contributed by atoms with E-state index in [1.807, 2.05) is 55.6 Å². The van der Waals surface area contributed by atoms with Crippen LogP contribution in [0.25, 0.3) is 10.9 Å². The van der Waals surface area contributed by atoms with Gasteiger partial charge in [-0.05, 0) is 31.4 Å². The minimum Gasteiger partial charge on any atom is -0.466 e. The number of piperidine rings is 1. The molecular formula is C24H26N2O3. The van der Waals surface area contributed by atoms with Gasteiger partial charge >= 0.3 is 5.97 Å². The topological polar surface area (TPSA) is 51.5 Å². The van der Waals surface area contributed by atoms with E-state index >= 15 is 0 Å². The van der Waals surface area contributed by atoms with Crippen molar-refractivity contribution in [3.63, 3.8) is 0 Å². The van der Waals surface area contributed by atoms with Crippen LogP contribution in [0.4, 0.5) is 0 Å². The first kappa shape index (κ1) is 19.2. The van der Waals surface area contributed by atoms with Gasteiger partial charge in [-0.1, -0.05) is 48.5 Å². The summed E-state index contributed by atoms with van der Waals surface area (Å²) in [5, 5.41) is 0.951. The molecule has 3 aromatic rings. The number of carbonyl (C=O) groups excluding carboxylic acids is 2. The molecule has 1 aliphatic rings. The fourth-order valence-electron chi connectivity index (χ4n) is 4.11. The molecule has 1 atom stereocenters. The zero-order valence-electron chi connectivity index (χ0n) is 16.7. The SMILES string of the molecule is CCOC(=O)C1CCCN(C(=O)c2cn(Cc3ccccc3)c3ccccc23)C1. The van der Waals surface area contributed by atoms with Gasteiger partial charge in [0.15, 0.2) is 0 Å². The number of nitrogens with zero attached hydrogens (tertiary/aromatic N) is 2. The molecule has 1 amide bonds. The van der Waals surface area contributed by atoms with Crippen LogP contribution in [-0.2, 0) is 16.1 Å². The highest BCUT2D eigenvalue weighted by molar-refractivity contribution is 6.07.